The van der Waals surface area contributed by atoms with E-state index >= 15 is 0 Å². The molecule has 0 aromatic heterocycles. The van der Waals surface area contributed by atoms with Gasteiger partial charge in [0.1, 0.15) is 18.1 Å². The van der Waals surface area contributed by atoms with E-state index in [1.165, 1.54) is 13.4 Å². The normalized spacial score (nSPS) is 25.4. The largest absolute Gasteiger partial charge is 0.493 e. The third-order valence-electron chi connectivity index (χ3n) is 4.58. The Balaban J connectivity index is 1.66. The first-order chi connectivity index (χ1) is 12.1. The molecule has 0 bridgehead atoms. The van der Waals surface area contributed by atoms with Gasteiger partial charge >= 0.3 is 5.97 Å². The van der Waals surface area contributed by atoms with Gasteiger partial charge in [0.05, 0.1) is 24.7 Å². The van der Waals surface area contributed by atoms with Crippen molar-refractivity contribution >= 4 is 11.8 Å². The van der Waals surface area contributed by atoms with Gasteiger partial charge < -0.3 is 18.9 Å². The number of benzene rings is 1. The van der Waals surface area contributed by atoms with Crippen molar-refractivity contribution in [1.29, 1.82) is 0 Å². The number of fused-ring (bicyclic) bond motifs is 1. The average Bonchev–Trinajstić information content (AvgIpc) is 2.64. The molecule has 1 heterocycles. The zero-order chi connectivity index (χ0) is 17.8. The Hall–Kier alpha value is -2.34. The fraction of sp³-hybridized carbons (Fsp3) is 0.474. The van der Waals surface area contributed by atoms with Crippen LogP contribution in [0.3, 0.4) is 0 Å². The second-order valence-corrected chi connectivity index (χ2v) is 6.14. The van der Waals surface area contributed by atoms with Crippen LogP contribution >= 0.6 is 0 Å². The standard InChI is InChI=1S/C19H22O6/c1-3-23-14-8-9-15-16(10-14)24-11-17(18(15)20)25-13-6-4-12(5-7-13)19(21)22-2/h4-7,11,14-16H,3,8-10H2,1-2H3. The van der Waals surface area contributed by atoms with Crippen LogP contribution in [-0.2, 0) is 19.0 Å². The molecule has 25 heavy (non-hydrogen) atoms. The molecule has 1 saturated carbocycles. The molecule has 134 valence electrons. The molecule has 0 saturated heterocycles. The summed E-state index contributed by atoms with van der Waals surface area (Å²) >= 11 is 0. The van der Waals surface area contributed by atoms with E-state index in [1.807, 2.05) is 6.92 Å². The Morgan fingerprint density at radius 1 is 1.24 bits per heavy atom. The minimum Gasteiger partial charge on any atom is -0.493 e. The number of Topliss-reactive ketones (excluding diaryl/α,β-unsaturated/α-hetero) is 1. The summed E-state index contributed by atoms with van der Waals surface area (Å²) in [6.07, 6.45) is 3.71. The highest BCUT2D eigenvalue weighted by Crippen LogP contribution is 2.35. The monoisotopic (exact) mass is 346 g/mol. The van der Waals surface area contributed by atoms with Gasteiger partial charge in [0, 0.05) is 13.0 Å². The van der Waals surface area contributed by atoms with E-state index in [0.29, 0.717) is 17.9 Å². The van der Waals surface area contributed by atoms with Crippen molar-refractivity contribution in [3.63, 3.8) is 0 Å². The second kappa shape index (κ2) is 7.70. The molecule has 3 rings (SSSR count). The molecule has 0 amide bonds. The van der Waals surface area contributed by atoms with Gasteiger partial charge in [-0.15, -0.1) is 0 Å². The summed E-state index contributed by atoms with van der Waals surface area (Å²) in [6.45, 7) is 2.64. The van der Waals surface area contributed by atoms with E-state index in [1.54, 1.807) is 24.3 Å². The smallest absolute Gasteiger partial charge is 0.337 e. The van der Waals surface area contributed by atoms with Gasteiger partial charge in [0.15, 0.2) is 0 Å². The number of allylic oxidation sites excluding steroid dienone is 1. The van der Waals surface area contributed by atoms with Gasteiger partial charge in [-0.2, -0.15) is 0 Å². The van der Waals surface area contributed by atoms with Crippen molar-refractivity contribution in [2.45, 2.75) is 38.4 Å². The highest BCUT2D eigenvalue weighted by molar-refractivity contribution is 5.96. The quantitative estimate of drug-likeness (QED) is 0.764. The van der Waals surface area contributed by atoms with Crippen molar-refractivity contribution in [3.8, 4) is 5.75 Å². The van der Waals surface area contributed by atoms with E-state index in [9.17, 15) is 9.59 Å². The molecule has 1 aromatic carbocycles. The third kappa shape index (κ3) is 3.85. The first kappa shape index (κ1) is 17.5. The maximum Gasteiger partial charge on any atom is 0.337 e. The van der Waals surface area contributed by atoms with E-state index in [0.717, 1.165) is 19.3 Å². The molecule has 0 spiro atoms. The fourth-order valence-corrected chi connectivity index (χ4v) is 3.30. The molecule has 1 fully saturated rings. The summed E-state index contributed by atoms with van der Waals surface area (Å²) in [5.74, 6) is 0.0188. The number of hydrogen-bond donors (Lipinski definition) is 0. The minimum absolute atomic E-state index is 0.0387. The van der Waals surface area contributed by atoms with Crippen molar-refractivity contribution in [2.75, 3.05) is 13.7 Å². The van der Waals surface area contributed by atoms with Crippen LogP contribution in [0.15, 0.2) is 36.3 Å². The number of carbonyl (C=O) groups is 2. The summed E-state index contributed by atoms with van der Waals surface area (Å²) < 4.78 is 21.7. The molecule has 6 heteroatoms. The number of rotatable bonds is 5. The Morgan fingerprint density at radius 2 is 2.00 bits per heavy atom. The van der Waals surface area contributed by atoms with Crippen molar-refractivity contribution in [1.82, 2.24) is 0 Å². The Kier molecular flexibility index (Phi) is 5.38. The number of ketones is 1. The molecular weight excluding hydrogens is 324 g/mol. The first-order valence-electron chi connectivity index (χ1n) is 8.50. The van der Waals surface area contributed by atoms with Crippen molar-refractivity contribution in [3.05, 3.63) is 41.9 Å². The number of ether oxygens (including phenoxy) is 4. The summed E-state index contributed by atoms with van der Waals surface area (Å²) in [7, 11) is 1.33. The lowest BCUT2D eigenvalue weighted by molar-refractivity contribution is -0.133. The molecule has 0 radical (unpaired) electrons. The van der Waals surface area contributed by atoms with Crippen LogP contribution in [0.4, 0.5) is 0 Å². The molecule has 1 aliphatic heterocycles. The van der Waals surface area contributed by atoms with Crippen LogP contribution in [-0.4, -0.2) is 37.7 Å². The van der Waals surface area contributed by atoms with E-state index in [4.69, 9.17) is 14.2 Å². The second-order valence-electron chi connectivity index (χ2n) is 6.14. The molecule has 2 aliphatic rings. The molecule has 3 atom stereocenters. The van der Waals surface area contributed by atoms with Crippen molar-refractivity contribution < 1.29 is 28.5 Å². The Morgan fingerprint density at radius 3 is 2.68 bits per heavy atom. The number of carbonyl (C=O) groups excluding carboxylic acids is 2. The van der Waals surface area contributed by atoms with Gasteiger partial charge in [0.2, 0.25) is 11.5 Å². The maximum atomic E-state index is 12.7. The van der Waals surface area contributed by atoms with E-state index in [2.05, 4.69) is 4.74 Å². The van der Waals surface area contributed by atoms with Crippen LogP contribution < -0.4 is 4.74 Å². The molecule has 1 aliphatic carbocycles. The van der Waals surface area contributed by atoms with E-state index in [-0.39, 0.29) is 29.7 Å². The Labute approximate surface area is 146 Å². The Bertz CT molecular complexity index is 663. The fourth-order valence-electron chi connectivity index (χ4n) is 3.30. The zero-order valence-electron chi connectivity index (χ0n) is 14.4. The highest BCUT2D eigenvalue weighted by Gasteiger charge is 2.41. The molecular formula is C19H22O6. The maximum absolute atomic E-state index is 12.7. The SMILES string of the molecule is CCOC1CCC2C(=O)C(Oc3ccc(C(=O)OC)cc3)=COC2C1. The number of hydrogen-bond acceptors (Lipinski definition) is 6. The number of methoxy groups -OCH3 is 1. The van der Waals surface area contributed by atoms with Gasteiger partial charge in [-0.1, -0.05) is 0 Å². The van der Waals surface area contributed by atoms with Gasteiger partial charge in [0.25, 0.3) is 0 Å². The number of esters is 1. The average molecular weight is 346 g/mol. The lowest BCUT2D eigenvalue weighted by Gasteiger charge is -2.36. The van der Waals surface area contributed by atoms with Crippen LogP contribution in [0.1, 0.15) is 36.5 Å². The summed E-state index contributed by atoms with van der Waals surface area (Å²) in [6, 6.07) is 6.43. The summed E-state index contributed by atoms with van der Waals surface area (Å²) in [4.78, 5) is 24.1. The van der Waals surface area contributed by atoms with Crippen LogP contribution in [0.25, 0.3) is 0 Å². The zero-order valence-corrected chi connectivity index (χ0v) is 14.4. The summed E-state index contributed by atoms with van der Waals surface area (Å²) in [5, 5.41) is 0. The molecule has 0 N–H and O–H groups in total. The minimum atomic E-state index is -0.420. The molecule has 6 nitrogen and oxygen atoms in total. The predicted octanol–water partition coefficient (Wildman–Crippen LogP) is 2.87. The summed E-state index contributed by atoms with van der Waals surface area (Å²) in [5.41, 5.74) is 0.421. The molecule has 3 unspecified atom stereocenters. The lowest BCUT2D eigenvalue weighted by atomic mass is 9.80. The third-order valence-corrected chi connectivity index (χ3v) is 4.58. The van der Waals surface area contributed by atoms with E-state index < -0.39 is 5.97 Å². The van der Waals surface area contributed by atoms with Gasteiger partial charge in [-0.25, -0.2) is 4.79 Å². The highest BCUT2D eigenvalue weighted by atomic mass is 16.5. The van der Waals surface area contributed by atoms with Crippen LogP contribution in [0, 0.1) is 5.92 Å². The molecule has 1 aromatic rings. The topological polar surface area (TPSA) is 71.1 Å². The predicted molar refractivity (Wildman–Crippen MR) is 89.1 cm³/mol. The van der Waals surface area contributed by atoms with Gasteiger partial charge in [-0.3, -0.25) is 4.79 Å². The van der Waals surface area contributed by atoms with Crippen molar-refractivity contribution in [2.24, 2.45) is 5.92 Å². The lowest BCUT2D eigenvalue weighted by Crippen LogP contribution is -2.42. The van der Waals surface area contributed by atoms with Crippen LogP contribution in [0.2, 0.25) is 0 Å². The van der Waals surface area contributed by atoms with Gasteiger partial charge in [-0.05, 0) is 44.0 Å². The first-order valence-corrected chi connectivity index (χ1v) is 8.50. The van der Waals surface area contributed by atoms with Crippen LogP contribution in [0.5, 0.6) is 5.75 Å².